The van der Waals surface area contributed by atoms with Gasteiger partial charge in [0, 0.05) is 6.61 Å². The molecule has 1 nitrogen and oxygen atoms in total. The maximum atomic E-state index is 6.42. The van der Waals surface area contributed by atoms with E-state index in [4.69, 9.17) is 4.74 Å². The molecule has 3 saturated carbocycles. The molecular weight excluding hydrogens is 539 g/mol. The van der Waals surface area contributed by atoms with Crippen molar-refractivity contribution in [2.45, 2.75) is 137 Å². The molecule has 0 bridgehead atoms. The molecule has 4 unspecified atom stereocenters. The Morgan fingerprint density at radius 1 is 0.914 bits per heavy atom. The maximum Gasteiger partial charge on any atom is 0.0612 e. The second kappa shape index (κ2) is 12.5. The average Bonchev–Trinajstić information content (AvgIpc) is 3.18. The highest BCUT2D eigenvalue weighted by Gasteiger charge is 2.59. The third-order valence-corrected chi connectivity index (χ3v) is 12.4. The van der Waals surface area contributed by atoms with Crippen LogP contribution in [0.2, 0.25) is 0 Å². The Hall–Kier alpha value is 0.430. The van der Waals surface area contributed by atoms with E-state index in [1.165, 1.54) is 101 Å². The van der Waals surface area contributed by atoms with E-state index in [1.54, 1.807) is 5.57 Å². The van der Waals surface area contributed by atoms with Crippen LogP contribution in [0.15, 0.2) is 11.6 Å². The van der Waals surface area contributed by atoms with Crippen molar-refractivity contribution in [2.75, 3.05) is 11.0 Å². The third kappa shape index (κ3) is 6.20. The second-order valence-electron chi connectivity index (χ2n) is 14.1. The van der Waals surface area contributed by atoms with Gasteiger partial charge in [0.15, 0.2) is 0 Å². The zero-order valence-electron chi connectivity index (χ0n) is 23.9. The molecule has 4 aliphatic carbocycles. The fraction of sp³-hybridized carbons (Fsp3) is 0.939. The Balaban J connectivity index is 1.34. The van der Waals surface area contributed by atoms with Gasteiger partial charge in [0.1, 0.15) is 0 Å². The Bertz CT molecular complexity index is 699. The van der Waals surface area contributed by atoms with E-state index in [0.717, 1.165) is 42.1 Å². The first-order valence-corrected chi connectivity index (χ1v) is 17.2. The van der Waals surface area contributed by atoms with Gasteiger partial charge in [-0.1, -0.05) is 101 Å². The molecule has 0 aromatic rings. The van der Waals surface area contributed by atoms with E-state index in [9.17, 15) is 0 Å². The summed E-state index contributed by atoms with van der Waals surface area (Å²) in [6.07, 6.45) is 24.2. The van der Waals surface area contributed by atoms with Crippen LogP contribution in [0.1, 0.15) is 131 Å². The highest BCUT2D eigenvalue weighted by Crippen LogP contribution is 2.67. The molecule has 4 aliphatic rings. The Labute approximate surface area is 232 Å². The molecule has 0 aliphatic heterocycles. The largest absolute Gasteiger partial charge is 0.378 e. The number of unbranched alkanes of at least 4 members (excludes halogenated alkanes) is 3. The number of rotatable bonds is 12. The predicted molar refractivity (Wildman–Crippen MR) is 160 cm³/mol. The molecule has 8 atom stereocenters. The molecule has 2 heteroatoms. The van der Waals surface area contributed by atoms with Crippen molar-refractivity contribution in [1.29, 1.82) is 0 Å². The van der Waals surface area contributed by atoms with Crippen LogP contribution in [0, 0.1) is 46.3 Å². The quantitative estimate of drug-likeness (QED) is 0.0943. The fourth-order valence-corrected chi connectivity index (χ4v) is 10.1. The van der Waals surface area contributed by atoms with Gasteiger partial charge in [-0.3, -0.25) is 0 Å². The fourth-order valence-electron chi connectivity index (χ4n) is 9.59. The summed E-state index contributed by atoms with van der Waals surface area (Å²) >= 11 is 2.50. The first kappa shape index (κ1) is 28.4. The SMILES string of the molecule is CC(C)CCC[C@@H](C)[C@H]1CCC2C3CC=C4CC(OCCCCCCI)CC[C@]4(C)C3CC[C@@]21C. The van der Waals surface area contributed by atoms with Crippen LogP contribution in [0.5, 0.6) is 0 Å². The minimum Gasteiger partial charge on any atom is -0.378 e. The second-order valence-corrected chi connectivity index (χ2v) is 15.2. The average molecular weight is 597 g/mol. The lowest BCUT2D eigenvalue weighted by molar-refractivity contribution is -0.0641. The van der Waals surface area contributed by atoms with Gasteiger partial charge in [-0.25, -0.2) is 0 Å². The van der Waals surface area contributed by atoms with Crippen molar-refractivity contribution in [3.63, 3.8) is 0 Å². The van der Waals surface area contributed by atoms with E-state index >= 15 is 0 Å². The first-order valence-electron chi connectivity index (χ1n) is 15.7. The third-order valence-electron chi connectivity index (χ3n) is 11.6. The molecule has 35 heavy (non-hydrogen) atoms. The molecule has 0 spiro atoms. The van der Waals surface area contributed by atoms with Crippen LogP contribution in [0.3, 0.4) is 0 Å². The van der Waals surface area contributed by atoms with Crippen molar-refractivity contribution in [2.24, 2.45) is 46.3 Å². The van der Waals surface area contributed by atoms with Gasteiger partial charge in [0.05, 0.1) is 6.10 Å². The lowest BCUT2D eigenvalue weighted by atomic mass is 9.47. The number of halogens is 1. The minimum atomic E-state index is 0.464. The molecule has 0 aromatic carbocycles. The van der Waals surface area contributed by atoms with Gasteiger partial charge in [0.25, 0.3) is 0 Å². The van der Waals surface area contributed by atoms with Gasteiger partial charge in [0.2, 0.25) is 0 Å². The lowest BCUT2D eigenvalue weighted by Crippen LogP contribution is -2.51. The topological polar surface area (TPSA) is 9.23 Å². The minimum absolute atomic E-state index is 0.464. The van der Waals surface area contributed by atoms with E-state index in [1.807, 2.05) is 0 Å². The predicted octanol–water partition coefficient (Wildman–Crippen LogP) is 10.4. The van der Waals surface area contributed by atoms with Crippen molar-refractivity contribution in [3.05, 3.63) is 11.6 Å². The molecule has 202 valence electrons. The molecule has 0 amide bonds. The van der Waals surface area contributed by atoms with Gasteiger partial charge >= 0.3 is 0 Å². The van der Waals surface area contributed by atoms with Crippen LogP contribution in [0.4, 0.5) is 0 Å². The number of alkyl halides is 1. The molecule has 4 rings (SSSR count). The maximum absolute atomic E-state index is 6.42. The highest BCUT2D eigenvalue weighted by atomic mass is 127. The van der Waals surface area contributed by atoms with E-state index in [0.29, 0.717) is 16.9 Å². The summed E-state index contributed by atoms with van der Waals surface area (Å²) in [6, 6.07) is 0. The zero-order chi connectivity index (χ0) is 25.1. The molecule has 0 N–H and O–H groups in total. The van der Waals surface area contributed by atoms with E-state index in [2.05, 4.69) is 63.3 Å². The Kier molecular flexibility index (Phi) is 10.2. The lowest BCUT2D eigenvalue weighted by Gasteiger charge is -2.58. The molecule has 0 heterocycles. The normalized spacial score (nSPS) is 39.6. The van der Waals surface area contributed by atoms with Crippen LogP contribution >= 0.6 is 22.6 Å². The summed E-state index contributed by atoms with van der Waals surface area (Å²) in [5, 5.41) is 0. The highest BCUT2D eigenvalue weighted by molar-refractivity contribution is 14.1. The van der Waals surface area contributed by atoms with Crippen LogP contribution in [0.25, 0.3) is 0 Å². The monoisotopic (exact) mass is 596 g/mol. The van der Waals surface area contributed by atoms with Gasteiger partial charge in [-0.15, -0.1) is 0 Å². The first-order chi connectivity index (χ1) is 16.8. The zero-order valence-corrected chi connectivity index (χ0v) is 26.1. The smallest absolute Gasteiger partial charge is 0.0612 e. The number of allylic oxidation sites excluding steroid dienone is 1. The summed E-state index contributed by atoms with van der Waals surface area (Å²) in [5.74, 6) is 5.61. The van der Waals surface area contributed by atoms with Crippen LogP contribution in [-0.2, 0) is 4.74 Å². The Morgan fingerprint density at radius 3 is 2.49 bits per heavy atom. The molecule has 3 fully saturated rings. The summed E-state index contributed by atoms with van der Waals surface area (Å²) in [5.41, 5.74) is 2.86. The van der Waals surface area contributed by atoms with E-state index < -0.39 is 0 Å². The molecular formula is C33H57IO. The number of hydrogen-bond acceptors (Lipinski definition) is 1. The van der Waals surface area contributed by atoms with Crippen LogP contribution in [-0.4, -0.2) is 17.1 Å². The van der Waals surface area contributed by atoms with Crippen molar-refractivity contribution in [3.8, 4) is 0 Å². The summed E-state index contributed by atoms with van der Waals surface area (Å²) in [4.78, 5) is 0. The van der Waals surface area contributed by atoms with Crippen molar-refractivity contribution in [1.82, 2.24) is 0 Å². The van der Waals surface area contributed by atoms with Gasteiger partial charge in [-0.2, -0.15) is 0 Å². The van der Waals surface area contributed by atoms with Crippen LogP contribution < -0.4 is 0 Å². The number of fused-ring (bicyclic) bond motifs is 5. The van der Waals surface area contributed by atoms with Crippen molar-refractivity contribution < 1.29 is 4.74 Å². The molecule has 0 aromatic heterocycles. The van der Waals surface area contributed by atoms with E-state index in [-0.39, 0.29) is 0 Å². The molecule has 0 radical (unpaired) electrons. The summed E-state index contributed by atoms with van der Waals surface area (Å²) in [6.45, 7) is 13.8. The summed E-state index contributed by atoms with van der Waals surface area (Å²) in [7, 11) is 0. The van der Waals surface area contributed by atoms with Gasteiger partial charge in [-0.05, 0) is 115 Å². The number of hydrogen-bond donors (Lipinski definition) is 0. The number of ether oxygens (including phenoxy) is 1. The summed E-state index contributed by atoms with van der Waals surface area (Å²) < 4.78 is 7.72. The standard InChI is InChI=1S/C33H57IO/c1-24(2)11-10-12-25(3)29-15-16-30-28-14-13-26-23-27(35-22-9-7-6-8-21-34)17-19-32(26,4)31(28)18-20-33(29,30)5/h13,24-25,27-31H,6-12,14-23H2,1-5H3/t25-,27?,28?,29-,30?,31?,32+,33-/m1/s1. The van der Waals surface area contributed by atoms with Crippen molar-refractivity contribution >= 4 is 22.6 Å². The Morgan fingerprint density at radius 2 is 1.71 bits per heavy atom. The molecule has 0 saturated heterocycles. The van der Waals surface area contributed by atoms with Gasteiger partial charge < -0.3 is 4.74 Å².